The van der Waals surface area contributed by atoms with Gasteiger partial charge in [-0.25, -0.2) is 4.79 Å². The zero-order valence-corrected chi connectivity index (χ0v) is 16.6. The third-order valence-electron chi connectivity index (χ3n) is 5.56. The van der Waals surface area contributed by atoms with Gasteiger partial charge < -0.3 is 18.5 Å². The molecule has 0 saturated carbocycles. The van der Waals surface area contributed by atoms with Gasteiger partial charge in [0.05, 0.1) is 18.7 Å². The number of nitrogens with zero attached hydrogens (tertiary/aromatic N) is 1. The Morgan fingerprint density at radius 1 is 1.10 bits per heavy atom. The van der Waals surface area contributed by atoms with Crippen molar-refractivity contribution in [3.63, 3.8) is 0 Å². The first-order chi connectivity index (χ1) is 15.1. The van der Waals surface area contributed by atoms with Crippen LogP contribution in [0.5, 0.6) is 0 Å². The number of esters is 1. The number of carbonyl (C=O) groups excluding carboxylic acids is 2. The van der Waals surface area contributed by atoms with Crippen LogP contribution in [0.25, 0.3) is 21.7 Å². The number of furan rings is 1. The molecule has 0 radical (unpaired) electrons. The van der Waals surface area contributed by atoms with Crippen molar-refractivity contribution in [1.82, 2.24) is 4.90 Å². The van der Waals surface area contributed by atoms with Gasteiger partial charge >= 0.3 is 11.6 Å². The van der Waals surface area contributed by atoms with Crippen LogP contribution in [-0.4, -0.2) is 23.3 Å². The highest BCUT2D eigenvalue weighted by Crippen LogP contribution is 2.28. The highest BCUT2D eigenvalue weighted by molar-refractivity contribution is 6.07. The molecule has 0 bridgehead atoms. The molecule has 4 aromatic rings. The Hall–Kier alpha value is -3.87. The van der Waals surface area contributed by atoms with E-state index >= 15 is 0 Å². The zero-order valence-electron chi connectivity index (χ0n) is 16.6. The summed E-state index contributed by atoms with van der Waals surface area (Å²) in [5.41, 5.74) is 0.514. The second kappa shape index (κ2) is 7.75. The first kappa shape index (κ1) is 19.1. The number of amides is 1. The number of rotatable bonds is 5. The number of hydrogen-bond donors (Lipinski definition) is 0. The molecule has 7 heteroatoms. The van der Waals surface area contributed by atoms with E-state index in [9.17, 15) is 14.4 Å². The van der Waals surface area contributed by atoms with Crippen LogP contribution in [0.15, 0.2) is 74.5 Å². The number of ether oxygens (including phenoxy) is 1. The Labute approximate surface area is 176 Å². The summed E-state index contributed by atoms with van der Waals surface area (Å²) < 4.78 is 16.2. The van der Waals surface area contributed by atoms with E-state index in [-0.39, 0.29) is 25.5 Å². The van der Waals surface area contributed by atoms with Crippen molar-refractivity contribution in [3.05, 3.63) is 82.6 Å². The SMILES string of the molecule is O=C(OCc1cc(=O)oc2ccc3ccccc3c12)C1CC(=O)N(Cc2ccco2)C1. The summed E-state index contributed by atoms with van der Waals surface area (Å²) in [6, 6.07) is 16.3. The molecule has 1 aliphatic rings. The average Bonchev–Trinajstić information content (AvgIpc) is 3.41. The maximum atomic E-state index is 12.7. The van der Waals surface area contributed by atoms with Crippen molar-refractivity contribution in [2.45, 2.75) is 19.6 Å². The summed E-state index contributed by atoms with van der Waals surface area (Å²) in [5.74, 6) is -0.464. The summed E-state index contributed by atoms with van der Waals surface area (Å²) in [4.78, 5) is 38.5. The lowest BCUT2D eigenvalue weighted by molar-refractivity contribution is -0.149. The minimum absolute atomic E-state index is 0.0716. The molecule has 1 aliphatic heterocycles. The zero-order chi connectivity index (χ0) is 21.4. The average molecular weight is 417 g/mol. The monoisotopic (exact) mass is 417 g/mol. The van der Waals surface area contributed by atoms with Crippen molar-refractivity contribution >= 4 is 33.6 Å². The van der Waals surface area contributed by atoms with E-state index < -0.39 is 17.5 Å². The fraction of sp³-hybridized carbons (Fsp3) is 0.208. The Balaban J connectivity index is 1.35. The van der Waals surface area contributed by atoms with E-state index in [1.54, 1.807) is 29.4 Å². The lowest BCUT2D eigenvalue weighted by Gasteiger charge is -2.15. The van der Waals surface area contributed by atoms with Gasteiger partial charge in [-0.05, 0) is 29.0 Å². The van der Waals surface area contributed by atoms with Gasteiger partial charge in [0.25, 0.3) is 0 Å². The van der Waals surface area contributed by atoms with Crippen LogP contribution < -0.4 is 5.63 Å². The number of benzene rings is 2. The molecule has 156 valence electrons. The molecule has 2 aromatic heterocycles. The van der Waals surface area contributed by atoms with E-state index in [4.69, 9.17) is 13.6 Å². The van der Waals surface area contributed by atoms with Gasteiger partial charge in [0.1, 0.15) is 18.0 Å². The molecule has 0 N–H and O–H groups in total. The predicted molar refractivity (Wildman–Crippen MR) is 112 cm³/mol. The van der Waals surface area contributed by atoms with Crippen LogP contribution in [0.1, 0.15) is 17.7 Å². The first-order valence-corrected chi connectivity index (χ1v) is 10.00. The molecule has 3 heterocycles. The maximum Gasteiger partial charge on any atom is 0.336 e. The fourth-order valence-electron chi connectivity index (χ4n) is 4.07. The predicted octanol–water partition coefficient (Wildman–Crippen LogP) is 3.63. The number of fused-ring (bicyclic) bond motifs is 3. The van der Waals surface area contributed by atoms with Gasteiger partial charge in [0, 0.05) is 30.0 Å². The van der Waals surface area contributed by atoms with E-state index in [0.717, 1.165) is 16.2 Å². The topological polar surface area (TPSA) is 90.0 Å². The van der Waals surface area contributed by atoms with Gasteiger partial charge in [-0.15, -0.1) is 0 Å². The molecule has 1 atom stereocenters. The Morgan fingerprint density at radius 2 is 1.97 bits per heavy atom. The summed E-state index contributed by atoms with van der Waals surface area (Å²) in [5, 5.41) is 2.65. The maximum absolute atomic E-state index is 12.7. The Bertz CT molecular complexity index is 1340. The van der Waals surface area contributed by atoms with Crippen molar-refractivity contribution < 1.29 is 23.2 Å². The molecule has 0 aliphatic carbocycles. The van der Waals surface area contributed by atoms with Crippen LogP contribution in [-0.2, 0) is 27.5 Å². The third-order valence-corrected chi connectivity index (χ3v) is 5.56. The van der Waals surface area contributed by atoms with Crippen LogP contribution in [0.2, 0.25) is 0 Å². The van der Waals surface area contributed by atoms with Crippen LogP contribution in [0.4, 0.5) is 0 Å². The quantitative estimate of drug-likeness (QED) is 0.280. The second-order valence-electron chi connectivity index (χ2n) is 7.61. The lowest BCUT2D eigenvalue weighted by Crippen LogP contribution is -2.26. The van der Waals surface area contributed by atoms with Gasteiger partial charge in [-0.1, -0.05) is 30.3 Å². The van der Waals surface area contributed by atoms with Gasteiger partial charge in [-0.3, -0.25) is 9.59 Å². The highest BCUT2D eigenvalue weighted by Gasteiger charge is 2.35. The summed E-state index contributed by atoms with van der Waals surface area (Å²) in [6.45, 7) is 0.531. The van der Waals surface area contributed by atoms with Gasteiger partial charge in [-0.2, -0.15) is 0 Å². The molecule has 31 heavy (non-hydrogen) atoms. The fourth-order valence-corrected chi connectivity index (χ4v) is 4.07. The number of likely N-dealkylation sites (tertiary alicyclic amines) is 1. The number of hydrogen-bond acceptors (Lipinski definition) is 6. The molecular weight excluding hydrogens is 398 g/mol. The van der Waals surface area contributed by atoms with Gasteiger partial charge in [0.2, 0.25) is 5.91 Å². The molecule has 2 aromatic carbocycles. The summed E-state index contributed by atoms with van der Waals surface area (Å²) >= 11 is 0. The van der Waals surface area contributed by atoms with E-state index in [0.29, 0.717) is 23.5 Å². The lowest BCUT2D eigenvalue weighted by atomic mass is 10.0. The first-order valence-electron chi connectivity index (χ1n) is 10.00. The van der Waals surface area contributed by atoms with Crippen molar-refractivity contribution in [3.8, 4) is 0 Å². The highest BCUT2D eigenvalue weighted by atomic mass is 16.5. The molecule has 1 amide bonds. The Morgan fingerprint density at radius 3 is 2.81 bits per heavy atom. The molecule has 1 unspecified atom stereocenters. The molecule has 0 spiro atoms. The smallest absolute Gasteiger partial charge is 0.336 e. The largest absolute Gasteiger partial charge is 0.467 e. The normalized spacial score (nSPS) is 16.3. The molecule has 1 saturated heterocycles. The Kier molecular flexibility index (Phi) is 4.78. The van der Waals surface area contributed by atoms with E-state index in [1.165, 1.54) is 6.07 Å². The summed E-state index contributed by atoms with van der Waals surface area (Å²) in [6.07, 6.45) is 1.65. The number of carbonyl (C=O) groups is 2. The molecule has 7 nitrogen and oxygen atoms in total. The van der Waals surface area contributed by atoms with Gasteiger partial charge in [0.15, 0.2) is 0 Å². The minimum Gasteiger partial charge on any atom is -0.467 e. The minimum atomic E-state index is -0.550. The van der Waals surface area contributed by atoms with E-state index in [2.05, 4.69) is 0 Å². The summed E-state index contributed by atoms with van der Waals surface area (Å²) in [7, 11) is 0. The van der Waals surface area contributed by atoms with Crippen LogP contribution >= 0.6 is 0 Å². The van der Waals surface area contributed by atoms with Crippen molar-refractivity contribution in [2.75, 3.05) is 6.54 Å². The van der Waals surface area contributed by atoms with Crippen molar-refractivity contribution in [2.24, 2.45) is 5.92 Å². The molecule has 5 rings (SSSR count). The standard InChI is InChI=1S/C24H19NO6/c26-21-10-16(12-25(21)13-18-5-3-9-29-18)24(28)30-14-17-11-22(27)31-20-8-7-15-4-1-2-6-19(15)23(17)20/h1-9,11,16H,10,12-14H2. The van der Waals surface area contributed by atoms with E-state index in [1.807, 2.05) is 30.3 Å². The molecule has 1 fully saturated rings. The van der Waals surface area contributed by atoms with Crippen LogP contribution in [0, 0.1) is 5.92 Å². The van der Waals surface area contributed by atoms with Crippen molar-refractivity contribution in [1.29, 1.82) is 0 Å². The second-order valence-corrected chi connectivity index (χ2v) is 7.61. The molecular formula is C24H19NO6. The third kappa shape index (κ3) is 3.70. The van der Waals surface area contributed by atoms with Crippen LogP contribution in [0.3, 0.4) is 0 Å².